The SMILES string of the molecule is Cl.O=C(O)[C@@H]1CCCN1Cc1nc(-c2ccco2)no1. The van der Waals surface area contributed by atoms with Crippen LogP contribution in [-0.4, -0.2) is 38.7 Å². The number of carboxylic acids is 1. The molecule has 0 aromatic carbocycles. The normalized spacial score (nSPS) is 18.9. The highest BCUT2D eigenvalue weighted by atomic mass is 35.5. The Morgan fingerprint density at radius 1 is 1.55 bits per heavy atom. The van der Waals surface area contributed by atoms with Crippen molar-refractivity contribution in [3.8, 4) is 11.6 Å². The van der Waals surface area contributed by atoms with Gasteiger partial charge in [-0.15, -0.1) is 12.4 Å². The van der Waals surface area contributed by atoms with Gasteiger partial charge in [-0.05, 0) is 31.5 Å². The molecule has 0 bridgehead atoms. The summed E-state index contributed by atoms with van der Waals surface area (Å²) in [7, 11) is 0. The molecule has 1 atom stereocenters. The average Bonchev–Trinajstić information content (AvgIpc) is 3.09. The maximum atomic E-state index is 11.1. The molecule has 0 unspecified atom stereocenters. The average molecular weight is 300 g/mol. The number of halogens is 1. The Morgan fingerprint density at radius 2 is 2.40 bits per heavy atom. The topological polar surface area (TPSA) is 92.6 Å². The number of aliphatic carboxylic acids is 1. The van der Waals surface area contributed by atoms with E-state index < -0.39 is 12.0 Å². The minimum atomic E-state index is -0.803. The zero-order valence-electron chi connectivity index (χ0n) is 10.6. The van der Waals surface area contributed by atoms with E-state index in [0.717, 1.165) is 13.0 Å². The van der Waals surface area contributed by atoms with E-state index in [1.807, 2.05) is 4.90 Å². The number of hydrogen-bond acceptors (Lipinski definition) is 6. The number of nitrogens with zero attached hydrogens (tertiary/aromatic N) is 3. The molecule has 1 fully saturated rings. The number of furan rings is 1. The van der Waals surface area contributed by atoms with E-state index in [1.54, 1.807) is 12.1 Å². The van der Waals surface area contributed by atoms with Crippen LogP contribution in [-0.2, 0) is 11.3 Å². The summed E-state index contributed by atoms with van der Waals surface area (Å²) in [6, 6.07) is 3.02. The summed E-state index contributed by atoms with van der Waals surface area (Å²) in [5, 5.41) is 12.9. The van der Waals surface area contributed by atoms with E-state index in [2.05, 4.69) is 10.1 Å². The van der Waals surface area contributed by atoms with Crippen molar-refractivity contribution in [2.24, 2.45) is 0 Å². The van der Waals surface area contributed by atoms with Crippen LogP contribution in [0.25, 0.3) is 11.6 Å². The van der Waals surface area contributed by atoms with Gasteiger partial charge in [0.1, 0.15) is 6.04 Å². The fourth-order valence-corrected chi connectivity index (χ4v) is 2.29. The predicted octanol–water partition coefficient (Wildman–Crippen LogP) is 1.80. The summed E-state index contributed by atoms with van der Waals surface area (Å²) in [6.07, 6.45) is 3.07. The molecule has 1 aliphatic heterocycles. The second kappa shape index (κ2) is 6.06. The zero-order valence-corrected chi connectivity index (χ0v) is 11.4. The van der Waals surface area contributed by atoms with E-state index in [1.165, 1.54) is 6.26 Å². The van der Waals surface area contributed by atoms with Crippen molar-refractivity contribution in [1.82, 2.24) is 15.0 Å². The van der Waals surface area contributed by atoms with Crippen LogP contribution in [0.4, 0.5) is 0 Å². The van der Waals surface area contributed by atoms with Crippen molar-refractivity contribution < 1.29 is 18.8 Å². The van der Waals surface area contributed by atoms with Crippen molar-refractivity contribution in [3.63, 3.8) is 0 Å². The third-order valence-corrected chi connectivity index (χ3v) is 3.20. The van der Waals surface area contributed by atoms with Crippen molar-refractivity contribution in [2.45, 2.75) is 25.4 Å². The number of aromatic nitrogens is 2. The fraction of sp³-hybridized carbons (Fsp3) is 0.417. The summed E-state index contributed by atoms with van der Waals surface area (Å²) in [5.41, 5.74) is 0. The van der Waals surface area contributed by atoms with E-state index in [-0.39, 0.29) is 12.4 Å². The summed E-state index contributed by atoms with van der Waals surface area (Å²) in [6.45, 7) is 1.08. The standard InChI is InChI=1S/C12H13N3O4.ClH/c16-12(17)8-3-1-5-15(8)7-10-13-11(14-19-10)9-4-2-6-18-9;/h2,4,6,8H,1,3,5,7H2,(H,16,17);1H/t8-;/m0./s1. The molecule has 2 aromatic rings. The van der Waals surface area contributed by atoms with Gasteiger partial charge in [-0.1, -0.05) is 5.16 Å². The number of likely N-dealkylation sites (tertiary alicyclic amines) is 1. The van der Waals surface area contributed by atoms with Gasteiger partial charge in [0.2, 0.25) is 11.7 Å². The Bertz CT molecular complexity index is 569. The minimum absolute atomic E-state index is 0. The summed E-state index contributed by atoms with van der Waals surface area (Å²) >= 11 is 0. The van der Waals surface area contributed by atoms with Gasteiger partial charge in [-0.25, -0.2) is 0 Å². The Labute approximate surface area is 121 Å². The van der Waals surface area contributed by atoms with Crippen LogP contribution in [0.15, 0.2) is 27.3 Å². The van der Waals surface area contributed by atoms with Crippen molar-refractivity contribution in [2.75, 3.05) is 6.54 Å². The minimum Gasteiger partial charge on any atom is -0.480 e. The molecule has 108 valence electrons. The van der Waals surface area contributed by atoms with Gasteiger partial charge in [0.15, 0.2) is 5.76 Å². The van der Waals surface area contributed by atoms with Crippen molar-refractivity contribution in [3.05, 3.63) is 24.3 Å². The van der Waals surface area contributed by atoms with E-state index in [0.29, 0.717) is 30.4 Å². The van der Waals surface area contributed by atoms with Crippen molar-refractivity contribution >= 4 is 18.4 Å². The van der Waals surface area contributed by atoms with Gasteiger partial charge in [-0.2, -0.15) is 4.98 Å². The largest absolute Gasteiger partial charge is 0.480 e. The summed E-state index contributed by atoms with van der Waals surface area (Å²) in [5.74, 6) is 0.514. The highest BCUT2D eigenvalue weighted by molar-refractivity contribution is 5.85. The van der Waals surface area contributed by atoms with Crippen molar-refractivity contribution in [1.29, 1.82) is 0 Å². The lowest BCUT2D eigenvalue weighted by Gasteiger charge is -2.18. The lowest BCUT2D eigenvalue weighted by atomic mass is 10.2. The third-order valence-electron chi connectivity index (χ3n) is 3.20. The van der Waals surface area contributed by atoms with Gasteiger partial charge in [-0.3, -0.25) is 9.69 Å². The monoisotopic (exact) mass is 299 g/mol. The molecule has 1 N–H and O–H groups in total. The van der Waals surface area contributed by atoms with Crippen LogP contribution in [0, 0.1) is 0 Å². The number of rotatable bonds is 4. The quantitative estimate of drug-likeness (QED) is 0.920. The second-order valence-corrected chi connectivity index (χ2v) is 4.46. The van der Waals surface area contributed by atoms with E-state index >= 15 is 0 Å². The molecule has 8 heteroatoms. The smallest absolute Gasteiger partial charge is 0.320 e. The van der Waals surface area contributed by atoms with Crippen LogP contribution in [0.3, 0.4) is 0 Å². The molecule has 3 rings (SSSR count). The summed E-state index contributed by atoms with van der Waals surface area (Å²) in [4.78, 5) is 17.1. The molecule has 0 aliphatic carbocycles. The lowest BCUT2D eigenvalue weighted by molar-refractivity contribution is -0.142. The van der Waals surface area contributed by atoms with E-state index in [4.69, 9.17) is 14.0 Å². The lowest BCUT2D eigenvalue weighted by Crippen LogP contribution is -2.35. The Morgan fingerprint density at radius 3 is 3.10 bits per heavy atom. The Hall–Kier alpha value is -1.86. The molecule has 0 saturated carbocycles. The van der Waals surface area contributed by atoms with Crippen LogP contribution < -0.4 is 0 Å². The maximum absolute atomic E-state index is 11.1. The van der Waals surface area contributed by atoms with Crippen LogP contribution >= 0.6 is 12.4 Å². The first-order valence-corrected chi connectivity index (χ1v) is 6.07. The van der Waals surface area contributed by atoms with E-state index in [9.17, 15) is 4.79 Å². The first kappa shape index (κ1) is 14.5. The molecule has 1 aliphatic rings. The third kappa shape index (κ3) is 2.83. The highest BCUT2D eigenvalue weighted by Crippen LogP contribution is 2.21. The molecule has 3 heterocycles. The van der Waals surface area contributed by atoms with Gasteiger partial charge in [0.05, 0.1) is 12.8 Å². The highest BCUT2D eigenvalue weighted by Gasteiger charge is 2.31. The van der Waals surface area contributed by atoms with Gasteiger partial charge in [0, 0.05) is 0 Å². The molecule has 20 heavy (non-hydrogen) atoms. The predicted molar refractivity (Wildman–Crippen MR) is 70.3 cm³/mol. The van der Waals surface area contributed by atoms with Gasteiger partial charge < -0.3 is 14.0 Å². The second-order valence-electron chi connectivity index (χ2n) is 4.46. The Kier molecular flexibility index (Phi) is 4.41. The number of carboxylic acid groups (broad SMARTS) is 1. The maximum Gasteiger partial charge on any atom is 0.320 e. The van der Waals surface area contributed by atoms with Crippen LogP contribution in [0.2, 0.25) is 0 Å². The first-order chi connectivity index (χ1) is 9.24. The molecule has 0 amide bonds. The molecule has 0 radical (unpaired) electrons. The van der Waals surface area contributed by atoms with Gasteiger partial charge >= 0.3 is 5.97 Å². The Balaban J connectivity index is 0.00000147. The molecular formula is C12H14ClN3O4. The molecule has 1 saturated heterocycles. The number of carbonyl (C=O) groups is 1. The molecule has 2 aromatic heterocycles. The molecular weight excluding hydrogens is 286 g/mol. The fourth-order valence-electron chi connectivity index (χ4n) is 2.29. The zero-order chi connectivity index (χ0) is 13.2. The summed E-state index contributed by atoms with van der Waals surface area (Å²) < 4.78 is 10.3. The van der Waals surface area contributed by atoms with Crippen LogP contribution in [0.1, 0.15) is 18.7 Å². The van der Waals surface area contributed by atoms with Gasteiger partial charge in [0.25, 0.3) is 0 Å². The first-order valence-electron chi connectivity index (χ1n) is 6.07. The van der Waals surface area contributed by atoms with Crippen LogP contribution in [0.5, 0.6) is 0 Å². The number of hydrogen-bond donors (Lipinski definition) is 1. The molecule has 7 nitrogen and oxygen atoms in total. The molecule has 0 spiro atoms.